The van der Waals surface area contributed by atoms with Crippen molar-refractivity contribution in [2.24, 2.45) is 5.10 Å². The molecule has 2 rings (SSSR count). The Morgan fingerprint density at radius 2 is 2.32 bits per heavy atom. The molecule has 0 radical (unpaired) electrons. The monoisotopic (exact) mass is 337 g/mol. The van der Waals surface area contributed by atoms with Crippen LogP contribution in [0.2, 0.25) is 5.02 Å². The molecular formula is C12H11ClF3N3O3. The van der Waals surface area contributed by atoms with E-state index in [0.717, 1.165) is 0 Å². The minimum Gasteiger partial charge on any atom is -0.458 e. The zero-order valence-electron chi connectivity index (χ0n) is 11.0. The standard InChI is InChI=1S/C12H11ClF3N3O3/c13-7-2-1-3-17-10(7)8(22-6-20)4-11(21)5-9(18-19-11)12(14,15)16/h1-3,6,8,19,21H,4-5H2. The van der Waals surface area contributed by atoms with Gasteiger partial charge < -0.3 is 9.84 Å². The Labute approximate surface area is 127 Å². The van der Waals surface area contributed by atoms with E-state index in [4.69, 9.17) is 16.3 Å². The molecule has 0 spiro atoms. The fourth-order valence-electron chi connectivity index (χ4n) is 2.03. The Balaban J connectivity index is 2.16. The maximum Gasteiger partial charge on any atom is 0.431 e. The number of hydrogen-bond acceptors (Lipinski definition) is 6. The Hall–Kier alpha value is -1.87. The molecule has 0 fully saturated rings. The van der Waals surface area contributed by atoms with Crippen LogP contribution in [0.5, 0.6) is 0 Å². The van der Waals surface area contributed by atoms with Crippen LogP contribution in [-0.4, -0.2) is 34.2 Å². The molecule has 0 amide bonds. The number of hydrazone groups is 1. The zero-order chi connectivity index (χ0) is 16.4. The number of carbonyl (C=O) groups excluding carboxylic acids is 1. The van der Waals surface area contributed by atoms with Crippen molar-refractivity contribution >= 4 is 23.8 Å². The summed E-state index contributed by atoms with van der Waals surface area (Å²) in [5.74, 6) is 0. The highest BCUT2D eigenvalue weighted by molar-refractivity contribution is 6.31. The van der Waals surface area contributed by atoms with E-state index in [1.54, 1.807) is 0 Å². The summed E-state index contributed by atoms with van der Waals surface area (Å²) < 4.78 is 42.5. The summed E-state index contributed by atoms with van der Waals surface area (Å²) >= 11 is 5.92. The Morgan fingerprint density at radius 3 is 2.86 bits per heavy atom. The number of ether oxygens (including phenoxy) is 1. The second kappa shape index (κ2) is 6.09. The van der Waals surface area contributed by atoms with E-state index in [0.29, 0.717) is 0 Å². The van der Waals surface area contributed by atoms with Gasteiger partial charge in [-0.05, 0) is 12.1 Å². The number of rotatable bonds is 5. The van der Waals surface area contributed by atoms with Gasteiger partial charge in [0.25, 0.3) is 6.47 Å². The van der Waals surface area contributed by atoms with Crippen LogP contribution in [0.25, 0.3) is 0 Å². The molecule has 120 valence electrons. The minimum atomic E-state index is -4.65. The van der Waals surface area contributed by atoms with Crippen LogP contribution in [0.1, 0.15) is 24.6 Å². The number of nitrogens with one attached hydrogen (secondary N) is 1. The van der Waals surface area contributed by atoms with Crippen molar-refractivity contribution in [1.82, 2.24) is 10.4 Å². The molecule has 0 saturated carbocycles. The first-order valence-electron chi connectivity index (χ1n) is 6.08. The molecule has 2 N–H and O–H groups in total. The molecule has 1 aromatic heterocycles. The normalized spacial score (nSPS) is 22.7. The van der Waals surface area contributed by atoms with Crippen molar-refractivity contribution < 1.29 is 27.8 Å². The van der Waals surface area contributed by atoms with Gasteiger partial charge in [0.1, 0.15) is 11.8 Å². The van der Waals surface area contributed by atoms with Crippen LogP contribution >= 0.6 is 11.6 Å². The number of hydrogen-bond donors (Lipinski definition) is 2. The summed E-state index contributed by atoms with van der Waals surface area (Å²) in [6.45, 7) is 0.111. The van der Waals surface area contributed by atoms with Gasteiger partial charge in [-0.25, -0.2) is 0 Å². The molecule has 2 unspecified atom stereocenters. The smallest absolute Gasteiger partial charge is 0.431 e. The van der Waals surface area contributed by atoms with Gasteiger partial charge in [0.2, 0.25) is 0 Å². The number of pyridine rings is 1. The lowest BCUT2D eigenvalue weighted by Crippen LogP contribution is -2.41. The molecule has 0 saturated heterocycles. The van der Waals surface area contributed by atoms with Crippen molar-refractivity contribution in [2.75, 3.05) is 0 Å². The summed E-state index contributed by atoms with van der Waals surface area (Å²) in [6.07, 6.45) is -5.56. The maximum atomic E-state index is 12.6. The first-order valence-corrected chi connectivity index (χ1v) is 6.46. The molecule has 22 heavy (non-hydrogen) atoms. The maximum absolute atomic E-state index is 12.6. The second-order valence-corrected chi connectivity index (χ2v) is 5.08. The van der Waals surface area contributed by atoms with Gasteiger partial charge in [0.15, 0.2) is 5.72 Å². The number of alkyl halides is 3. The summed E-state index contributed by atoms with van der Waals surface area (Å²) in [5.41, 5.74) is -1.00. The summed E-state index contributed by atoms with van der Waals surface area (Å²) in [5, 5.41) is 13.4. The second-order valence-electron chi connectivity index (χ2n) is 4.67. The van der Waals surface area contributed by atoms with Crippen LogP contribution in [0.3, 0.4) is 0 Å². The van der Waals surface area contributed by atoms with E-state index in [1.165, 1.54) is 18.3 Å². The predicted molar refractivity (Wildman–Crippen MR) is 69.9 cm³/mol. The van der Waals surface area contributed by atoms with Gasteiger partial charge in [-0.1, -0.05) is 11.6 Å². The van der Waals surface area contributed by atoms with Crippen LogP contribution < -0.4 is 5.43 Å². The van der Waals surface area contributed by atoms with Crippen molar-refractivity contribution in [2.45, 2.75) is 30.8 Å². The molecule has 0 aromatic carbocycles. The third-order valence-corrected chi connectivity index (χ3v) is 3.34. The van der Waals surface area contributed by atoms with Gasteiger partial charge >= 0.3 is 6.18 Å². The molecular weight excluding hydrogens is 327 g/mol. The predicted octanol–water partition coefficient (Wildman–Crippen LogP) is 1.94. The first kappa shape index (κ1) is 16.5. The van der Waals surface area contributed by atoms with Crippen molar-refractivity contribution in [3.8, 4) is 0 Å². The summed E-state index contributed by atoms with van der Waals surface area (Å²) in [4.78, 5) is 14.5. The average molecular weight is 338 g/mol. The van der Waals surface area contributed by atoms with Gasteiger partial charge in [0, 0.05) is 19.0 Å². The lowest BCUT2D eigenvalue weighted by Gasteiger charge is -2.26. The summed E-state index contributed by atoms with van der Waals surface area (Å²) in [6, 6.07) is 3.02. The molecule has 2 atom stereocenters. The Kier molecular flexibility index (Phi) is 4.57. The largest absolute Gasteiger partial charge is 0.458 e. The molecule has 0 bridgehead atoms. The van der Waals surface area contributed by atoms with Gasteiger partial charge in [-0.2, -0.15) is 18.3 Å². The molecule has 2 heterocycles. The lowest BCUT2D eigenvalue weighted by molar-refractivity contribution is -0.138. The quantitative estimate of drug-likeness (QED) is 0.802. The van der Waals surface area contributed by atoms with Crippen LogP contribution in [-0.2, 0) is 9.53 Å². The van der Waals surface area contributed by atoms with Gasteiger partial charge in [-0.3, -0.25) is 15.2 Å². The van der Waals surface area contributed by atoms with Crippen molar-refractivity contribution in [3.63, 3.8) is 0 Å². The van der Waals surface area contributed by atoms with Crippen molar-refractivity contribution in [1.29, 1.82) is 0 Å². The molecule has 0 aliphatic carbocycles. The molecule has 1 aromatic rings. The van der Waals surface area contributed by atoms with E-state index < -0.39 is 36.6 Å². The first-order chi connectivity index (χ1) is 10.2. The van der Waals surface area contributed by atoms with E-state index in [9.17, 15) is 23.1 Å². The summed E-state index contributed by atoms with van der Waals surface area (Å²) in [7, 11) is 0. The van der Waals surface area contributed by atoms with Crippen LogP contribution in [0.15, 0.2) is 23.4 Å². The van der Waals surface area contributed by atoms with Crippen LogP contribution in [0, 0.1) is 0 Å². The van der Waals surface area contributed by atoms with E-state index >= 15 is 0 Å². The SMILES string of the molecule is O=COC(CC1(O)CC(C(F)(F)F)=NN1)c1ncccc1Cl. The van der Waals surface area contributed by atoms with Crippen LogP contribution in [0.4, 0.5) is 13.2 Å². The molecule has 1 aliphatic rings. The number of nitrogens with zero attached hydrogens (tertiary/aromatic N) is 2. The fraction of sp³-hybridized carbons (Fsp3) is 0.417. The number of aliphatic hydroxyl groups is 1. The van der Waals surface area contributed by atoms with Gasteiger partial charge in [-0.15, -0.1) is 0 Å². The molecule has 1 aliphatic heterocycles. The third-order valence-electron chi connectivity index (χ3n) is 3.02. The highest BCUT2D eigenvalue weighted by Crippen LogP contribution is 2.35. The highest BCUT2D eigenvalue weighted by atomic mass is 35.5. The topological polar surface area (TPSA) is 83.8 Å². The molecule has 6 nitrogen and oxygen atoms in total. The van der Waals surface area contributed by atoms with E-state index in [2.05, 4.69) is 10.1 Å². The lowest BCUT2D eigenvalue weighted by atomic mass is 9.98. The zero-order valence-corrected chi connectivity index (χ0v) is 11.7. The minimum absolute atomic E-state index is 0.111. The highest BCUT2D eigenvalue weighted by Gasteiger charge is 2.47. The fourth-order valence-corrected chi connectivity index (χ4v) is 2.27. The van der Waals surface area contributed by atoms with E-state index in [-0.39, 0.29) is 17.2 Å². The Bertz CT molecular complexity index is 596. The Morgan fingerprint density at radius 1 is 1.59 bits per heavy atom. The third kappa shape index (κ3) is 3.66. The number of carbonyl (C=O) groups is 1. The van der Waals surface area contributed by atoms with Crippen molar-refractivity contribution in [3.05, 3.63) is 29.0 Å². The average Bonchev–Trinajstić information content (AvgIpc) is 2.81. The number of aromatic nitrogens is 1. The number of halogens is 4. The van der Waals surface area contributed by atoms with Gasteiger partial charge in [0.05, 0.1) is 10.7 Å². The molecule has 10 heteroatoms. The van der Waals surface area contributed by atoms with E-state index in [1.807, 2.05) is 5.43 Å².